The van der Waals surface area contributed by atoms with Gasteiger partial charge in [-0.25, -0.2) is 9.97 Å². The lowest BCUT2D eigenvalue weighted by atomic mass is 10.4. The summed E-state index contributed by atoms with van der Waals surface area (Å²) in [5.74, 6) is 0.583. The number of ether oxygens (including phenoxy) is 1. The maximum Gasteiger partial charge on any atom is 0.320 e. The second-order valence-electron chi connectivity index (χ2n) is 4.84. The van der Waals surface area contributed by atoms with E-state index in [9.17, 15) is 9.59 Å². The first kappa shape index (κ1) is 15.4. The molecule has 114 valence electrons. The molecular weight excluding hydrogens is 272 g/mol. The van der Waals surface area contributed by atoms with Crippen molar-refractivity contribution in [2.75, 3.05) is 44.2 Å². The van der Waals surface area contributed by atoms with Crippen molar-refractivity contribution in [3.63, 3.8) is 0 Å². The molecule has 1 fully saturated rings. The first-order valence-electron chi connectivity index (χ1n) is 7.13. The Morgan fingerprint density at radius 2 is 2.14 bits per heavy atom. The van der Waals surface area contributed by atoms with E-state index in [1.807, 2.05) is 6.92 Å². The molecule has 0 N–H and O–H groups in total. The van der Waals surface area contributed by atoms with Gasteiger partial charge in [-0.05, 0) is 13.3 Å². The normalized spacial score (nSPS) is 16.3. The van der Waals surface area contributed by atoms with E-state index in [1.54, 1.807) is 6.20 Å². The molecule has 0 bridgehead atoms. The van der Waals surface area contributed by atoms with Gasteiger partial charge in [0.1, 0.15) is 11.5 Å². The van der Waals surface area contributed by atoms with Crippen LogP contribution in [0.15, 0.2) is 12.4 Å². The fourth-order valence-electron chi connectivity index (χ4n) is 2.30. The predicted octanol–water partition coefficient (Wildman–Crippen LogP) is 0.364. The van der Waals surface area contributed by atoms with Crippen molar-refractivity contribution in [3.8, 4) is 0 Å². The smallest absolute Gasteiger partial charge is 0.320 e. The number of rotatable bonds is 5. The van der Waals surface area contributed by atoms with E-state index >= 15 is 0 Å². The average Bonchev–Trinajstić information content (AvgIpc) is 2.73. The van der Waals surface area contributed by atoms with Gasteiger partial charge < -0.3 is 9.64 Å². The van der Waals surface area contributed by atoms with Gasteiger partial charge in [-0.2, -0.15) is 0 Å². The van der Waals surface area contributed by atoms with Gasteiger partial charge in [-0.15, -0.1) is 0 Å². The third-order valence-electron chi connectivity index (χ3n) is 3.35. The van der Waals surface area contributed by atoms with Gasteiger partial charge in [0.2, 0.25) is 0 Å². The number of carbonyl (C=O) groups excluding carboxylic acids is 2. The highest BCUT2D eigenvalue weighted by atomic mass is 16.5. The first-order chi connectivity index (χ1) is 10.2. The highest BCUT2D eigenvalue weighted by molar-refractivity contribution is 5.71. The van der Waals surface area contributed by atoms with Crippen molar-refractivity contribution in [2.24, 2.45) is 0 Å². The molecule has 0 amide bonds. The van der Waals surface area contributed by atoms with E-state index < -0.39 is 0 Å². The molecule has 0 atom stereocenters. The molecule has 2 rings (SSSR count). The Kier molecular flexibility index (Phi) is 5.62. The van der Waals surface area contributed by atoms with Crippen molar-refractivity contribution in [3.05, 3.63) is 18.1 Å². The van der Waals surface area contributed by atoms with Crippen LogP contribution >= 0.6 is 0 Å². The summed E-state index contributed by atoms with van der Waals surface area (Å²) in [6, 6.07) is 0. The van der Waals surface area contributed by atoms with E-state index in [1.165, 1.54) is 6.20 Å². The molecule has 0 unspecified atom stereocenters. The third-order valence-corrected chi connectivity index (χ3v) is 3.35. The molecule has 0 radical (unpaired) electrons. The lowest BCUT2D eigenvalue weighted by Crippen LogP contribution is -2.35. The van der Waals surface area contributed by atoms with Crippen molar-refractivity contribution < 1.29 is 14.3 Å². The van der Waals surface area contributed by atoms with Crippen molar-refractivity contribution in [1.29, 1.82) is 0 Å². The van der Waals surface area contributed by atoms with E-state index in [0.29, 0.717) is 25.1 Å². The highest BCUT2D eigenvalue weighted by Crippen LogP contribution is 2.12. The Bertz CT molecular complexity index is 478. The zero-order valence-electron chi connectivity index (χ0n) is 12.2. The largest absolute Gasteiger partial charge is 0.465 e. The summed E-state index contributed by atoms with van der Waals surface area (Å²) >= 11 is 0. The minimum Gasteiger partial charge on any atom is -0.465 e. The molecule has 1 aliphatic heterocycles. The molecule has 0 saturated carbocycles. The fraction of sp³-hybridized carbons (Fsp3) is 0.571. The van der Waals surface area contributed by atoms with Crippen LogP contribution in [0.4, 0.5) is 5.82 Å². The van der Waals surface area contributed by atoms with Gasteiger partial charge in [0.25, 0.3) is 0 Å². The summed E-state index contributed by atoms with van der Waals surface area (Å²) in [5.41, 5.74) is 0.331. The zero-order valence-corrected chi connectivity index (χ0v) is 12.2. The quantitative estimate of drug-likeness (QED) is 0.573. The highest BCUT2D eigenvalue weighted by Gasteiger charge is 2.18. The SMILES string of the molecule is CCOC(=O)CN1CCCN(c2cnc(C=O)cn2)CC1. The monoisotopic (exact) mass is 292 g/mol. The predicted molar refractivity (Wildman–Crippen MR) is 77.3 cm³/mol. The van der Waals surface area contributed by atoms with Gasteiger partial charge in [0.05, 0.1) is 25.5 Å². The van der Waals surface area contributed by atoms with E-state index in [2.05, 4.69) is 19.8 Å². The summed E-state index contributed by atoms with van der Waals surface area (Å²) in [6.45, 7) is 5.81. The van der Waals surface area contributed by atoms with Crippen LogP contribution in [-0.2, 0) is 9.53 Å². The maximum absolute atomic E-state index is 11.5. The number of esters is 1. The second kappa shape index (κ2) is 7.68. The van der Waals surface area contributed by atoms with Crippen LogP contribution in [0, 0.1) is 0 Å². The number of aldehydes is 1. The van der Waals surface area contributed by atoms with Crippen LogP contribution in [0.1, 0.15) is 23.8 Å². The van der Waals surface area contributed by atoms with Crippen molar-refractivity contribution in [1.82, 2.24) is 14.9 Å². The molecule has 1 saturated heterocycles. The van der Waals surface area contributed by atoms with Gasteiger partial charge in [-0.1, -0.05) is 0 Å². The Morgan fingerprint density at radius 3 is 2.81 bits per heavy atom. The number of hydrogen-bond acceptors (Lipinski definition) is 7. The van der Waals surface area contributed by atoms with Crippen LogP contribution in [0.3, 0.4) is 0 Å². The Morgan fingerprint density at radius 1 is 1.29 bits per heavy atom. The van der Waals surface area contributed by atoms with E-state index in [0.717, 1.165) is 38.4 Å². The second-order valence-corrected chi connectivity index (χ2v) is 4.84. The van der Waals surface area contributed by atoms with Gasteiger partial charge in [0.15, 0.2) is 6.29 Å². The van der Waals surface area contributed by atoms with Gasteiger partial charge in [-0.3, -0.25) is 14.5 Å². The minimum absolute atomic E-state index is 0.180. The fourth-order valence-corrected chi connectivity index (χ4v) is 2.30. The molecular formula is C14H20N4O3. The molecule has 0 spiro atoms. The van der Waals surface area contributed by atoms with Crippen LogP contribution in [0.5, 0.6) is 0 Å². The topological polar surface area (TPSA) is 75.6 Å². The maximum atomic E-state index is 11.5. The van der Waals surface area contributed by atoms with Crippen LogP contribution in [-0.4, -0.2) is 66.5 Å². The molecule has 7 heteroatoms. The summed E-state index contributed by atoms with van der Waals surface area (Å²) in [7, 11) is 0. The molecule has 2 heterocycles. The van der Waals surface area contributed by atoms with E-state index in [-0.39, 0.29) is 5.97 Å². The number of nitrogens with zero attached hydrogens (tertiary/aromatic N) is 4. The molecule has 1 aromatic heterocycles. The molecule has 7 nitrogen and oxygen atoms in total. The minimum atomic E-state index is -0.180. The molecule has 0 aromatic carbocycles. The molecule has 0 aliphatic carbocycles. The lowest BCUT2D eigenvalue weighted by molar-refractivity contribution is -0.144. The van der Waals surface area contributed by atoms with E-state index in [4.69, 9.17) is 4.74 Å². The Balaban J connectivity index is 1.90. The number of anilines is 1. The number of carbonyl (C=O) groups is 2. The first-order valence-corrected chi connectivity index (χ1v) is 7.13. The molecule has 1 aromatic rings. The van der Waals surface area contributed by atoms with Crippen LogP contribution in [0.25, 0.3) is 0 Å². The third kappa shape index (κ3) is 4.49. The average molecular weight is 292 g/mol. The lowest BCUT2D eigenvalue weighted by Gasteiger charge is -2.21. The van der Waals surface area contributed by atoms with Gasteiger partial charge >= 0.3 is 5.97 Å². The summed E-state index contributed by atoms with van der Waals surface area (Å²) in [6.07, 6.45) is 4.71. The molecule has 21 heavy (non-hydrogen) atoms. The van der Waals surface area contributed by atoms with Gasteiger partial charge in [0, 0.05) is 26.2 Å². The number of aromatic nitrogens is 2. The zero-order chi connectivity index (χ0) is 15.1. The summed E-state index contributed by atoms with van der Waals surface area (Å²) in [5, 5.41) is 0. The van der Waals surface area contributed by atoms with Crippen molar-refractivity contribution in [2.45, 2.75) is 13.3 Å². The van der Waals surface area contributed by atoms with Crippen molar-refractivity contribution >= 4 is 18.1 Å². The standard InChI is InChI=1S/C14H20N4O3/c1-2-21-14(20)10-17-4-3-5-18(7-6-17)13-9-15-12(11-19)8-16-13/h8-9,11H,2-7,10H2,1H3. The van der Waals surface area contributed by atoms with Crippen LogP contribution in [0.2, 0.25) is 0 Å². The Labute approximate surface area is 123 Å². The molecule has 1 aliphatic rings. The Hall–Kier alpha value is -2.02. The van der Waals surface area contributed by atoms with Crippen LogP contribution < -0.4 is 4.90 Å². The summed E-state index contributed by atoms with van der Waals surface area (Å²) in [4.78, 5) is 34.6. The number of hydrogen-bond donors (Lipinski definition) is 0. The summed E-state index contributed by atoms with van der Waals surface area (Å²) < 4.78 is 4.97.